The summed E-state index contributed by atoms with van der Waals surface area (Å²) in [5.41, 5.74) is 0.228. The predicted octanol–water partition coefficient (Wildman–Crippen LogP) is -0.172. The minimum atomic E-state index is -1.53. The largest absolute Gasteiger partial charge is 0.323 e. The lowest BCUT2D eigenvalue weighted by Gasteiger charge is -2.19. The molecule has 0 fully saturated rings. The number of hydrogen-bond acceptors (Lipinski definition) is 3. The minimum Gasteiger partial charge on any atom is -0.323 e. The van der Waals surface area contributed by atoms with E-state index in [9.17, 15) is 9.18 Å². The van der Waals surface area contributed by atoms with Crippen LogP contribution in [-0.2, 0) is 7.05 Å². The van der Waals surface area contributed by atoms with Gasteiger partial charge in [-0.15, -0.1) is 0 Å². The van der Waals surface area contributed by atoms with Gasteiger partial charge in [-0.2, -0.15) is 4.39 Å². The molecule has 0 radical (unpaired) electrons. The highest BCUT2D eigenvalue weighted by Gasteiger charge is 2.26. The summed E-state index contributed by atoms with van der Waals surface area (Å²) in [5.74, 6) is -0.0805. The Morgan fingerprint density at radius 3 is 3.17 bits per heavy atom. The molecule has 6 heteroatoms. The van der Waals surface area contributed by atoms with Crippen molar-refractivity contribution in [3.05, 3.63) is 12.0 Å². The maximum absolute atomic E-state index is 12.7. The summed E-state index contributed by atoms with van der Waals surface area (Å²) >= 11 is 0. The fourth-order valence-corrected chi connectivity index (χ4v) is 1.11. The van der Waals surface area contributed by atoms with Crippen molar-refractivity contribution in [2.24, 2.45) is 7.05 Å². The lowest BCUT2D eigenvalue weighted by atomic mass is 10.3. The number of carbonyl (C=O) groups is 1. The van der Waals surface area contributed by atoms with Gasteiger partial charge < -0.3 is 15.2 Å². The second kappa shape index (κ2) is 2.20. The second-order valence-electron chi connectivity index (χ2n) is 2.53. The van der Waals surface area contributed by atoms with Gasteiger partial charge in [0.1, 0.15) is 5.82 Å². The van der Waals surface area contributed by atoms with Crippen LogP contribution < -0.4 is 10.6 Å². The molecule has 1 aromatic heterocycles. The van der Waals surface area contributed by atoms with Gasteiger partial charge in [0, 0.05) is 7.05 Å². The van der Waals surface area contributed by atoms with Crippen molar-refractivity contribution in [3.63, 3.8) is 0 Å². The van der Waals surface area contributed by atoms with Gasteiger partial charge in [0.05, 0.1) is 6.33 Å². The molecule has 1 amide bonds. The van der Waals surface area contributed by atoms with Gasteiger partial charge in [-0.05, 0) is 0 Å². The Morgan fingerprint density at radius 2 is 2.42 bits per heavy atom. The maximum Gasteiger partial charge on any atom is 0.277 e. The van der Waals surface area contributed by atoms with Gasteiger partial charge in [0.25, 0.3) is 5.91 Å². The van der Waals surface area contributed by atoms with Gasteiger partial charge in [0.2, 0.25) is 6.42 Å². The smallest absolute Gasteiger partial charge is 0.277 e. The molecule has 1 aliphatic heterocycles. The first-order chi connectivity index (χ1) is 5.68. The topological polar surface area (TPSA) is 59.0 Å². The average Bonchev–Trinajstić information content (AvgIpc) is 2.33. The lowest BCUT2D eigenvalue weighted by molar-refractivity contribution is 0.0892. The Morgan fingerprint density at radius 1 is 1.67 bits per heavy atom. The number of nitrogens with one attached hydrogen (secondary N) is 2. The molecule has 12 heavy (non-hydrogen) atoms. The molecule has 0 saturated carbocycles. The Bertz CT molecular complexity index is 334. The summed E-state index contributed by atoms with van der Waals surface area (Å²) in [6, 6.07) is 0. The van der Waals surface area contributed by atoms with E-state index in [4.69, 9.17) is 0 Å². The zero-order chi connectivity index (χ0) is 8.72. The molecule has 0 bridgehead atoms. The molecule has 2 rings (SSSR count). The van der Waals surface area contributed by atoms with Crippen LogP contribution >= 0.6 is 0 Å². The molecule has 2 heterocycles. The highest BCUT2D eigenvalue weighted by molar-refractivity contribution is 5.98. The number of aryl methyl sites for hydroxylation is 1. The van der Waals surface area contributed by atoms with Crippen LogP contribution in [0.25, 0.3) is 0 Å². The molecular formula is C6H7FN4O. The van der Waals surface area contributed by atoms with E-state index in [2.05, 4.69) is 15.6 Å². The first-order valence-electron chi connectivity index (χ1n) is 3.41. The molecule has 1 aromatic rings. The van der Waals surface area contributed by atoms with E-state index < -0.39 is 12.3 Å². The number of carbonyl (C=O) groups excluding carboxylic acids is 1. The van der Waals surface area contributed by atoms with Crippen LogP contribution in [0.1, 0.15) is 10.5 Å². The monoisotopic (exact) mass is 170 g/mol. The van der Waals surface area contributed by atoms with Crippen LogP contribution in [0.4, 0.5) is 10.2 Å². The summed E-state index contributed by atoms with van der Waals surface area (Å²) in [6.07, 6.45) is -0.0737. The maximum atomic E-state index is 12.7. The number of nitrogens with zero attached hydrogens (tertiary/aromatic N) is 2. The molecular weight excluding hydrogens is 163 g/mol. The molecule has 0 spiro atoms. The molecule has 1 aliphatic rings. The van der Waals surface area contributed by atoms with E-state index in [1.807, 2.05) is 0 Å². The molecule has 1 atom stereocenters. The van der Waals surface area contributed by atoms with Crippen molar-refractivity contribution in [1.82, 2.24) is 14.9 Å². The minimum absolute atomic E-state index is 0.228. The van der Waals surface area contributed by atoms with Crippen LogP contribution in [0.2, 0.25) is 0 Å². The van der Waals surface area contributed by atoms with Gasteiger partial charge in [-0.3, -0.25) is 4.79 Å². The van der Waals surface area contributed by atoms with Gasteiger partial charge in [-0.1, -0.05) is 0 Å². The quantitative estimate of drug-likeness (QED) is 0.531. The number of halogens is 1. The van der Waals surface area contributed by atoms with Gasteiger partial charge >= 0.3 is 0 Å². The molecule has 64 valence electrons. The second-order valence-corrected chi connectivity index (χ2v) is 2.53. The fraction of sp³-hybridized carbons (Fsp3) is 0.333. The number of aromatic nitrogens is 2. The molecule has 1 unspecified atom stereocenters. The summed E-state index contributed by atoms with van der Waals surface area (Å²) in [5, 5.41) is 4.50. The van der Waals surface area contributed by atoms with Crippen molar-refractivity contribution >= 4 is 11.7 Å². The third kappa shape index (κ3) is 0.843. The predicted molar refractivity (Wildman–Crippen MR) is 39.2 cm³/mol. The number of fused-ring (bicyclic) bond motifs is 1. The highest BCUT2D eigenvalue weighted by atomic mass is 19.1. The van der Waals surface area contributed by atoms with Crippen LogP contribution in [0, 0.1) is 0 Å². The van der Waals surface area contributed by atoms with Crippen LogP contribution in [0.15, 0.2) is 6.33 Å². The van der Waals surface area contributed by atoms with E-state index in [1.165, 1.54) is 6.33 Å². The third-order valence-electron chi connectivity index (χ3n) is 1.67. The van der Waals surface area contributed by atoms with Gasteiger partial charge in [-0.25, -0.2) is 4.98 Å². The zero-order valence-corrected chi connectivity index (χ0v) is 6.34. The Labute approximate surface area is 67.6 Å². The molecule has 0 aromatic carbocycles. The number of amides is 1. The van der Waals surface area contributed by atoms with E-state index in [-0.39, 0.29) is 5.69 Å². The normalized spacial score (nSPS) is 21.2. The van der Waals surface area contributed by atoms with E-state index >= 15 is 0 Å². The number of anilines is 1. The molecule has 0 saturated heterocycles. The van der Waals surface area contributed by atoms with Crippen molar-refractivity contribution in [3.8, 4) is 0 Å². The summed E-state index contributed by atoms with van der Waals surface area (Å²) in [6.45, 7) is 0. The number of rotatable bonds is 0. The Hall–Kier alpha value is -1.59. The molecule has 2 N–H and O–H groups in total. The first kappa shape index (κ1) is 7.08. The summed E-state index contributed by atoms with van der Waals surface area (Å²) < 4.78 is 14.2. The SMILES string of the molecule is Cn1cnc2c1NC(F)NC2=O. The van der Waals surface area contributed by atoms with Crippen molar-refractivity contribution in [1.29, 1.82) is 0 Å². The van der Waals surface area contributed by atoms with Crippen molar-refractivity contribution < 1.29 is 9.18 Å². The standard InChI is InChI=1S/C6H7FN4O/c1-11-2-8-3-4(11)9-6(7)10-5(3)12/h2,6,9H,1H3,(H,10,12). The number of imidazole rings is 1. The van der Waals surface area contributed by atoms with Crippen LogP contribution in [0.5, 0.6) is 0 Å². The van der Waals surface area contributed by atoms with E-state index in [0.29, 0.717) is 5.82 Å². The number of alkyl halides is 1. The summed E-state index contributed by atoms with van der Waals surface area (Å²) in [7, 11) is 1.68. The van der Waals surface area contributed by atoms with E-state index in [1.54, 1.807) is 11.6 Å². The van der Waals surface area contributed by atoms with Crippen molar-refractivity contribution in [2.45, 2.75) is 6.42 Å². The van der Waals surface area contributed by atoms with Gasteiger partial charge in [0.15, 0.2) is 5.69 Å². The zero-order valence-electron chi connectivity index (χ0n) is 6.34. The van der Waals surface area contributed by atoms with E-state index in [0.717, 1.165) is 0 Å². The Kier molecular flexibility index (Phi) is 1.30. The third-order valence-corrected chi connectivity index (χ3v) is 1.67. The van der Waals surface area contributed by atoms with Crippen LogP contribution in [0.3, 0.4) is 0 Å². The average molecular weight is 170 g/mol. The Balaban J connectivity index is 2.50. The molecule has 0 aliphatic carbocycles. The first-order valence-corrected chi connectivity index (χ1v) is 3.41. The number of hydrogen-bond donors (Lipinski definition) is 2. The summed E-state index contributed by atoms with van der Waals surface area (Å²) in [4.78, 5) is 14.8. The highest BCUT2D eigenvalue weighted by Crippen LogP contribution is 2.17. The molecule has 5 nitrogen and oxygen atoms in total. The fourth-order valence-electron chi connectivity index (χ4n) is 1.11. The lowest BCUT2D eigenvalue weighted by Crippen LogP contribution is -2.42. The van der Waals surface area contributed by atoms with Crippen LogP contribution in [-0.4, -0.2) is 21.9 Å². The van der Waals surface area contributed by atoms with Crippen molar-refractivity contribution in [2.75, 3.05) is 5.32 Å².